The van der Waals surface area contributed by atoms with Crippen LogP contribution in [0.15, 0.2) is 48.5 Å². The van der Waals surface area contributed by atoms with E-state index in [9.17, 15) is 19.7 Å². The third kappa shape index (κ3) is 6.54. The summed E-state index contributed by atoms with van der Waals surface area (Å²) in [5.74, 6) is -0.0487. The van der Waals surface area contributed by atoms with Gasteiger partial charge >= 0.3 is 0 Å². The predicted molar refractivity (Wildman–Crippen MR) is 102 cm³/mol. The molecule has 7 nitrogen and oxygen atoms in total. The van der Waals surface area contributed by atoms with Crippen LogP contribution in [-0.4, -0.2) is 23.2 Å². The van der Waals surface area contributed by atoms with Crippen LogP contribution in [0.2, 0.25) is 0 Å². The number of non-ortho nitro benzene ring substituents is 1. The smallest absolute Gasteiger partial charge is 0.273 e. The topological polar surface area (TPSA) is 98.5 Å². The monoisotopic (exact) mass is 370 g/mol. The van der Waals surface area contributed by atoms with Crippen LogP contribution in [0.3, 0.4) is 0 Å². The maximum atomic E-state index is 12.2. The average molecular weight is 370 g/mol. The highest BCUT2D eigenvalue weighted by Crippen LogP contribution is 2.19. The van der Waals surface area contributed by atoms with Crippen molar-refractivity contribution in [3.63, 3.8) is 0 Å². The summed E-state index contributed by atoms with van der Waals surface area (Å²) in [5.41, 5.74) is 0.969. The van der Waals surface area contributed by atoms with Crippen molar-refractivity contribution in [2.24, 2.45) is 0 Å². The zero-order chi connectivity index (χ0) is 19.6. The van der Waals surface area contributed by atoms with Gasteiger partial charge in [-0.3, -0.25) is 19.7 Å². The Bertz CT molecular complexity index is 802. The molecule has 0 aliphatic heterocycles. The molecule has 0 atom stereocenters. The number of nitrogens with one attached hydrogen (secondary N) is 1. The number of ether oxygens (including phenoxy) is 1. The van der Waals surface area contributed by atoms with Crippen LogP contribution in [0.25, 0.3) is 0 Å². The first kappa shape index (κ1) is 20.1. The third-order valence-electron chi connectivity index (χ3n) is 3.90. The molecule has 2 rings (SSSR count). The van der Waals surface area contributed by atoms with E-state index < -0.39 is 4.92 Å². The first-order chi connectivity index (χ1) is 13.0. The number of ketones is 1. The molecule has 0 heterocycles. The molecule has 0 aliphatic carbocycles. The molecule has 0 unspecified atom stereocenters. The second-order valence-electron chi connectivity index (χ2n) is 6.05. The lowest BCUT2D eigenvalue weighted by Gasteiger charge is -2.07. The number of rotatable bonds is 10. The Morgan fingerprint density at radius 1 is 1.11 bits per heavy atom. The normalized spacial score (nSPS) is 10.3. The van der Waals surface area contributed by atoms with Gasteiger partial charge in [0.05, 0.1) is 11.0 Å². The van der Waals surface area contributed by atoms with Gasteiger partial charge in [-0.15, -0.1) is 0 Å². The van der Waals surface area contributed by atoms with Crippen LogP contribution in [0.5, 0.6) is 5.75 Å². The zero-order valence-corrected chi connectivity index (χ0v) is 15.1. The largest absolute Gasteiger partial charge is 0.485 e. The number of Topliss-reactive ketones (excluding diaryl/α,β-unsaturated/α-hetero) is 1. The summed E-state index contributed by atoms with van der Waals surface area (Å²) in [6.07, 6.45) is 3.41. The van der Waals surface area contributed by atoms with Crippen molar-refractivity contribution in [1.82, 2.24) is 0 Å². The first-order valence-corrected chi connectivity index (χ1v) is 8.80. The lowest BCUT2D eigenvalue weighted by atomic mass is 10.1. The minimum atomic E-state index is -0.524. The Hall–Kier alpha value is -3.22. The SMILES string of the molecule is CCCCCC(=O)Nc1ccc(C(=O)COc2cccc([N+](=O)[O-])c2)cc1. The summed E-state index contributed by atoms with van der Waals surface area (Å²) in [6.45, 7) is 1.85. The molecule has 0 saturated carbocycles. The van der Waals surface area contributed by atoms with E-state index in [-0.39, 0.29) is 29.7 Å². The second kappa shape index (κ2) is 10.1. The Morgan fingerprint density at radius 2 is 1.85 bits per heavy atom. The number of carbonyl (C=O) groups excluding carboxylic acids is 2. The van der Waals surface area contributed by atoms with Crippen molar-refractivity contribution in [3.05, 3.63) is 64.2 Å². The van der Waals surface area contributed by atoms with Crippen molar-refractivity contribution >= 4 is 23.1 Å². The number of hydrogen-bond acceptors (Lipinski definition) is 5. The van der Waals surface area contributed by atoms with Crippen LogP contribution in [-0.2, 0) is 4.79 Å². The molecule has 0 bridgehead atoms. The number of carbonyl (C=O) groups is 2. The number of nitro groups is 1. The number of hydrogen-bond donors (Lipinski definition) is 1. The molecule has 0 spiro atoms. The summed E-state index contributed by atoms with van der Waals surface area (Å²) >= 11 is 0. The summed E-state index contributed by atoms with van der Waals surface area (Å²) in [4.78, 5) is 34.2. The van der Waals surface area contributed by atoms with Crippen LogP contribution in [0.1, 0.15) is 43.0 Å². The van der Waals surface area contributed by atoms with E-state index >= 15 is 0 Å². The number of unbranched alkanes of at least 4 members (excludes halogenated alkanes) is 2. The first-order valence-electron chi connectivity index (χ1n) is 8.80. The molecule has 2 aromatic carbocycles. The van der Waals surface area contributed by atoms with Crippen molar-refractivity contribution in [3.8, 4) is 5.75 Å². The summed E-state index contributed by atoms with van der Waals surface area (Å²) < 4.78 is 5.34. The van der Waals surface area contributed by atoms with Gasteiger partial charge in [-0.1, -0.05) is 25.8 Å². The van der Waals surface area contributed by atoms with Crippen molar-refractivity contribution in [1.29, 1.82) is 0 Å². The fourth-order valence-electron chi connectivity index (χ4n) is 2.42. The highest BCUT2D eigenvalue weighted by Gasteiger charge is 2.10. The molecule has 0 saturated heterocycles. The molecule has 142 valence electrons. The molecule has 0 fully saturated rings. The van der Waals surface area contributed by atoms with Gasteiger partial charge in [-0.2, -0.15) is 0 Å². The Morgan fingerprint density at radius 3 is 2.52 bits per heavy atom. The van der Waals surface area contributed by atoms with Crippen LogP contribution >= 0.6 is 0 Å². The molecule has 0 aliphatic rings. The Kier molecular flexibility index (Phi) is 7.49. The summed E-state index contributed by atoms with van der Waals surface area (Å²) in [6, 6.07) is 12.2. The molecule has 1 N–H and O–H groups in total. The second-order valence-corrected chi connectivity index (χ2v) is 6.05. The molecular weight excluding hydrogens is 348 g/mol. The molecule has 27 heavy (non-hydrogen) atoms. The Labute approximate surface area is 157 Å². The summed E-state index contributed by atoms with van der Waals surface area (Å²) in [7, 11) is 0. The number of benzene rings is 2. The Balaban J connectivity index is 1.87. The maximum absolute atomic E-state index is 12.2. The predicted octanol–water partition coefficient (Wildman–Crippen LogP) is 4.38. The van der Waals surface area contributed by atoms with Gasteiger partial charge in [-0.25, -0.2) is 0 Å². The van der Waals surface area contributed by atoms with E-state index in [0.29, 0.717) is 17.7 Å². The lowest BCUT2D eigenvalue weighted by Crippen LogP contribution is -2.13. The van der Waals surface area contributed by atoms with E-state index in [4.69, 9.17) is 4.74 Å². The molecular formula is C20H22N2O5. The molecule has 0 radical (unpaired) electrons. The van der Waals surface area contributed by atoms with E-state index in [0.717, 1.165) is 19.3 Å². The van der Waals surface area contributed by atoms with Crippen LogP contribution in [0.4, 0.5) is 11.4 Å². The van der Waals surface area contributed by atoms with Crippen molar-refractivity contribution in [2.75, 3.05) is 11.9 Å². The highest BCUT2D eigenvalue weighted by atomic mass is 16.6. The fourth-order valence-corrected chi connectivity index (χ4v) is 2.42. The molecule has 0 aromatic heterocycles. The van der Waals surface area contributed by atoms with E-state index in [1.54, 1.807) is 30.3 Å². The molecule has 1 amide bonds. The summed E-state index contributed by atoms with van der Waals surface area (Å²) in [5, 5.41) is 13.5. The van der Waals surface area contributed by atoms with Crippen LogP contribution < -0.4 is 10.1 Å². The van der Waals surface area contributed by atoms with Gasteiger partial charge in [0.2, 0.25) is 5.91 Å². The van der Waals surface area contributed by atoms with Gasteiger partial charge in [-0.05, 0) is 36.8 Å². The van der Waals surface area contributed by atoms with Gasteiger partial charge in [0, 0.05) is 23.7 Å². The van der Waals surface area contributed by atoms with Crippen molar-refractivity contribution in [2.45, 2.75) is 32.6 Å². The van der Waals surface area contributed by atoms with Gasteiger partial charge < -0.3 is 10.1 Å². The standard InChI is InChI=1S/C20H22N2O5/c1-2-3-4-8-20(24)21-16-11-9-15(10-12-16)19(23)14-27-18-7-5-6-17(13-18)22(25)26/h5-7,9-13H,2-4,8,14H2,1H3,(H,21,24). The molecule has 2 aromatic rings. The highest BCUT2D eigenvalue weighted by molar-refractivity contribution is 5.98. The number of amides is 1. The fraction of sp³-hybridized carbons (Fsp3) is 0.300. The quantitative estimate of drug-likeness (QED) is 0.290. The van der Waals surface area contributed by atoms with Crippen molar-refractivity contribution < 1.29 is 19.2 Å². The minimum Gasteiger partial charge on any atom is -0.485 e. The number of nitrogens with zero attached hydrogens (tertiary/aromatic N) is 1. The van der Waals surface area contributed by atoms with Crippen LogP contribution in [0, 0.1) is 10.1 Å². The maximum Gasteiger partial charge on any atom is 0.273 e. The van der Waals surface area contributed by atoms with Gasteiger partial charge in [0.15, 0.2) is 12.4 Å². The average Bonchev–Trinajstić information content (AvgIpc) is 2.67. The third-order valence-corrected chi connectivity index (χ3v) is 3.90. The number of anilines is 1. The van der Waals surface area contributed by atoms with Gasteiger partial charge in [0.25, 0.3) is 5.69 Å². The lowest BCUT2D eigenvalue weighted by molar-refractivity contribution is -0.384. The van der Waals surface area contributed by atoms with E-state index in [1.807, 2.05) is 0 Å². The van der Waals surface area contributed by atoms with E-state index in [2.05, 4.69) is 12.2 Å². The minimum absolute atomic E-state index is 0.0449. The molecule has 7 heteroatoms. The number of nitro benzene ring substituents is 1. The van der Waals surface area contributed by atoms with E-state index in [1.165, 1.54) is 18.2 Å². The van der Waals surface area contributed by atoms with Gasteiger partial charge in [0.1, 0.15) is 5.75 Å². The zero-order valence-electron chi connectivity index (χ0n) is 15.1.